The maximum absolute atomic E-state index is 12.1. The Morgan fingerprint density at radius 3 is 2.57 bits per heavy atom. The van der Waals surface area contributed by atoms with E-state index in [1.165, 1.54) is 0 Å². The summed E-state index contributed by atoms with van der Waals surface area (Å²) in [4.78, 5) is 0. The number of aryl methyl sites for hydroxylation is 2. The Morgan fingerprint density at radius 1 is 1.24 bits per heavy atom. The van der Waals surface area contributed by atoms with Crippen LogP contribution in [0.5, 0.6) is 0 Å². The van der Waals surface area contributed by atoms with Crippen LogP contribution in [0.4, 0.5) is 13.2 Å². The molecule has 1 aromatic rings. The lowest BCUT2D eigenvalue weighted by Gasteiger charge is -2.21. The molecule has 0 amide bonds. The SMILES string of the molecule is CCCNC(CCOCC(F)(F)F)c1cc(C)ccc1C. The Balaban J connectivity index is 2.65. The van der Waals surface area contributed by atoms with Gasteiger partial charge in [0.1, 0.15) is 6.61 Å². The first-order valence-corrected chi connectivity index (χ1v) is 7.28. The summed E-state index contributed by atoms with van der Waals surface area (Å²) < 4.78 is 41.0. The molecule has 0 aromatic heterocycles. The van der Waals surface area contributed by atoms with Crippen LogP contribution in [0, 0.1) is 13.8 Å². The smallest absolute Gasteiger partial charge is 0.372 e. The van der Waals surface area contributed by atoms with Crippen molar-refractivity contribution in [2.45, 2.75) is 45.8 Å². The number of hydrogen-bond donors (Lipinski definition) is 1. The third-order valence-corrected chi connectivity index (χ3v) is 3.27. The van der Waals surface area contributed by atoms with Gasteiger partial charge in [-0.05, 0) is 44.4 Å². The second kappa shape index (κ2) is 8.39. The fourth-order valence-electron chi connectivity index (χ4n) is 2.21. The molecule has 1 rings (SSSR count). The molecule has 0 fully saturated rings. The summed E-state index contributed by atoms with van der Waals surface area (Å²) in [5.74, 6) is 0. The number of nitrogens with one attached hydrogen (secondary N) is 1. The molecule has 0 bridgehead atoms. The lowest BCUT2D eigenvalue weighted by Crippen LogP contribution is -2.25. The normalized spacial score (nSPS) is 13.4. The highest BCUT2D eigenvalue weighted by atomic mass is 19.4. The number of benzene rings is 1. The zero-order valence-corrected chi connectivity index (χ0v) is 12.9. The lowest BCUT2D eigenvalue weighted by molar-refractivity contribution is -0.174. The van der Waals surface area contributed by atoms with Gasteiger partial charge in [-0.15, -0.1) is 0 Å². The Kier molecular flexibility index (Phi) is 7.18. The average Bonchev–Trinajstić information content (AvgIpc) is 2.40. The number of rotatable bonds is 8. The first-order valence-electron chi connectivity index (χ1n) is 7.28. The van der Waals surface area contributed by atoms with Gasteiger partial charge in [0.05, 0.1) is 0 Å². The molecule has 120 valence electrons. The van der Waals surface area contributed by atoms with Crippen LogP contribution in [0.2, 0.25) is 0 Å². The Hall–Kier alpha value is -1.07. The molecule has 1 atom stereocenters. The number of ether oxygens (including phenoxy) is 1. The van der Waals surface area contributed by atoms with Gasteiger partial charge >= 0.3 is 6.18 Å². The highest BCUT2D eigenvalue weighted by molar-refractivity contribution is 5.33. The van der Waals surface area contributed by atoms with Crippen molar-refractivity contribution in [3.05, 3.63) is 34.9 Å². The van der Waals surface area contributed by atoms with Crippen molar-refractivity contribution in [1.82, 2.24) is 5.32 Å². The number of hydrogen-bond acceptors (Lipinski definition) is 2. The predicted molar refractivity (Wildman–Crippen MR) is 78.4 cm³/mol. The van der Waals surface area contributed by atoms with Crippen molar-refractivity contribution < 1.29 is 17.9 Å². The summed E-state index contributed by atoms with van der Waals surface area (Å²) >= 11 is 0. The molecule has 2 nitrogen and oxygen atoms in total. The lowest BCUT2D eigenvalue weighted by atomic mass is 9.97. The molecule has 0 saturated carbocycles. The van der Waals surface area contributed by atoms with Gasteiger partial charge in [0, 0.05) is 12.6 Å². The summed E-state index contributed by atoms with van der Waals surface area (Å²) in [6.07, 6.45) is -2.75. The summed E-state index contributed by atoms with van der Waals surface area (Å²) in [5, 5.41) is 3.39. The molecule has 0 heterocycles. The summed E-state index contributed by atoms with van der Waals surface area (Å²) in [6, 6.07) is 6.20. The van der Waals surface area contributed by atoms with Crippen molar-refractivity contribution >= 4 is 0 Å². The second-order valence-corrected chi connectivity index (χ2v) is 5.32. The van der Waals surface area contributed by atoms with Gasteiger partial charge < -0.3 is 10.1 Å². The number of alkyl halides is 3. The van der Waals surface area contributed by atoms with E-state index in [0.29, 0.717) is 6.42 Å². The van der Waals surface area contributed by atoms with Gasteiger partial charge in [0.25, 0.3) is 0 Å². The first-order chi connectivity index (χ1) is 9.83. The van der Waals surface area contributed by atoms with Crippen LogP contribution in [0.25, 0.3) is 0 Å². The van der Waals surface area contributed by atoms with Gasteiger partial charge in [0.2, 0.25) is 0 Å². The van der Waals surface area contributed by atoms with E-state index < -0.39 is 12.8 Å². The van der Waals surface area contributed by atoms with E-state index in [1.54, 1.807) is 0 Å². The van der Waals surface area contributed by atoms with E-state index in [2.05, 4.69) is 18.3 Å². The van der Waals surface area contributed by atoms with E-state index in [-0.39, 0.29) is 12.6 Å². The first kappa shape index (κ1) is 18.0. The van der Waals surface area contributed by atoms with Gasteiger partial charge in [-0.2, -0.15) is 13.2 Å². The van der Waals surface area contributed by atoms with Crippen molar-refractivity contribution in [3.63, 3.8) is 0 Å². The molecular weight excluding hydrogens is 279 g/mol. The second-order valence-electron chi connectivity index (χ2n) is 5.32. The van der Waals surface area contributed by atoms with E-state index in [9.17, 15) is 13.2 Å². The molecule has 0 spiro atoms. The molecule has 0 aliphatic heterocycles. The number of halogens is 3. The predicted octanol–water partition coefficient (Wildman–Crippen LogP) is 4.31. The van der Waals surface area contributed by atoms with E-state index in [1.807, 2.05) is 26.0 Å². The molecule has 1 N–H and O–H groups in total. The van der Waals surface area contributed by atoms with Gasteiger partial charge in [0.15, 0.2) is 0 Å². The van der Waals surface area contributed by atoms with Crippen LogP contribution in [0.1, 0.15) is 42.5 Å². The highest BCUT2D eigenvalue weighted by Gasteiger charge is 2.27. The van der Waals surface area contributed by atoms with Crippen molar-refractivity contribution in [1.29, 1.82) is 0 Å². The zero-order valence-electron chi connectivity index (χ0n) is 12.9. The van der Waals surface area contributed by atoms with E-state index >= 15 is 0 Å². The average molecular weight is 303 g/mol. The molecule has 1 aromatic carbocycles. The molecule has 1 unspecified atom stereocenters. The molecular formula is C16H24F3NO. The van der Waals surface area contributed by atoms with E-state index in [0.717, 1.165) is 29.7 Å². The van der Waals surface area contributed by atoms with Crippen LogP contribution in [-0.4, -0.2) is 25.9 Å². The maximum atomic E-state index is 12.1. The Labute approximate surface area is 124 Å². The van der Waals surface area contributed by atoms with Crippen LogP contribution in [0.3, 0.4) is 0 Å². The van der Waals surface area contributed by atoms with Crippen molar-refractivity contribution in [3.8, 4) is 0 Å². The maximum Gasteiger partial charge on any atom is 0.411 e. The Bertz CT molecular complexity index is 432. The summed E-state index contributed by atoms with van der Waals surface area (Å²) in [6.45, 7) is 5.84. The van der Waals surface area contributed by atoms with Gasteiger partial charge in [-0.3, -0.25) is 0 Å². The molecule has 21 heavy (non-hydrogen) atoms. The summed E-state index contributed by atoms with van der Waals surface area (Å²) in [5.41, 5.74) is 3.43. The van der Waals surface area contributed by atoms with Crippen LogP contribution in [-0.2, 0) is 4.74 Å². The highest BCUT2D eigenvalue weighted by Crippen LogP contribution is 2.23. The van der Waals surface area contributed by atoms with Gasteiger partial charge in [-0.25, -0.2) is 0 Å². The minimum Gasteiger partial charge on any atom is -0.372 e. The van der Waals surface area contributed by atoms with Crippen LogP contribution in [0.15, 0.2) is 18.2 Å². The topological polar surface area (TPSA) is 21.3 Å². The largest absolute Gasteiger partial charge is 0.411 e. The molecule has 5 heteroatoms. The minimum atomic E-state index is -4.26. The van der Waals surface area contributed by atoms with Crippen molar-refractivity contribution in [2.75, 3.05) is 19.8 Å². The molecule has 0 aliphatic carbocycles. The third-order valence-electron chi connectivity index (χ3n) is 3.27. The minimum absolute atomic E-state index is 0.0260. The summed E-state index contributed by atoms with van der Waals surface area (Å²) in [7, 11) is 0. The zero-order chi connectivity index (χ0) is 15.9. The van der Waals surface area contributed by atoms with Crippen LogP contribution < -0.4 is 5.32 Å². The van der Waals surface area contributed by atoms with Gasteiger partial charge in [-0.1, -0.05) is 30.7 Å². The third kappa shape index (κ3) is 6.96. The molecule has 0 aliphatic rings. The quantitative estimate of drug-likeness (QED) is 0.722. The fraction of sp³-hybridized carbons (Fsp3) is 0.625. The standard InChI is InChI=1S/C16H24F3NO/c1-4-8-20-15(7-9-21-11-16(17,18)19)14-10-12(2)5-6-13(14)3/h5-6,10,15,20H,4,7-9,11H2,1-3H3. The molecule has 0 saturated heterocycles. The van der Waals surface area contributed by atoms with Crippen LogP contribution >= 0.6 is 0 Å². The monoisotopic (exact) mass is 303 g/mol. The van der Waals surface area contributed by atoms with E-state index in [4.69, 9.17) is 4.74 Å². The van der Waals surface area contributed by atoms with Crippen molar-refractivity contribution in [2.24, 2.45) is 0 Å². The molecule has 0 radical (unpaired) electrons. The Morgan fingerprint density at radius 2 is 1.95 bits per heavy atom. The fourth-order valence-corrected chi connectivity index (χ4v) is 2.21.